The summed E-state index contributed by atoms with van der Waals surface area (Å²) in [5.41, 5.74) is 0.803. The van der Waals surface area contributed by atoms with Crippen molar-refractivity contribution in [1.29, 1.82) is 0 Å². The second kappa shape index (κ2) is 9.19. The maximum atomic E-state index is 13.2. The van der Waals surface area contributed by atoms with Crippen LogP contribution in [-0.4, -0.2) is 32.1 Å². The molecule has 7 nitrogen and oxygen atoms in total. The first-order chi connectivity index (χ1) is 16.1. The number of hydrogen-bond donors (Lipinski definition) is 0. The predicted octanol–water partition coefficient (Wildman–Crippen LogP) is 4.38. The Morgan fingerprint density at radius 3 is 2.76 bits per heavy atom. The lowest BCUT2D eigenvalue weighted by Gasteiger charge is -2.33. The van der Waals surface area contributed by atoms with Gasteiger partial charge >= 0.3 is 0 Å². The number of oxazole rings is 1. The van der Waals surface area contributed by atoms with Crippen molar-refractivity contribution in [2.45, 2.75) is 38.3 Å². The fourth-order valence-corrected chi connectivity index (χ4v) is 4.43. The molecular weight excluding hydrogens is 440 g/mol. The van der Waals surface area contributed by atoms with Gasteiger partial charge in [-0.05, 0) is 43.0 Å². The molecule has 3 heterocycles. The van der Waals surface area contributed by atoms with E-state index in [0.717, 1.165) is 36.0 Å². The molecule has 1 aliphatic rings. The predicted molar refractivity (Wildman–Crippen MR) is 125 cm³/mol. The van der Waals surface area contributed by atoms with Crippen LogP contribution in [0.1, 0.15) is 42.5 Å². The third-order valence-electron chi connectivity index (χ3n) is 6.02. The number of nitrogens with zero attached hydrogens (tertiary/aromatic N) is 4. The lowest BCUT2D eigenvalue weighted by molar-refractivity contribution is -0.136. The van der Waals surface area contributed by atoms with Crippen LogP contribution in [0, 0.1) is 0 Å². The van der Waals surface area contributed by atoms with Crippen LogP contribution in [0.25, 0.3) is 10.8 Å². The monoisotopic (exact) mass is 462 g/mol. The molecule has 1 saturated heterocycles. The molecule has 0 bridgehead atoms. The molecule has 0 spiro atoms. The van der Waals surface area contributed by atoms with Crippen molar-refractivity contribution in [2.24, 2.45) is 0 Å². The largest absolute Gasteiger partial charge is 0.443 e. The Morgan fingerprint density at radius 1 is 1.09 bits per heavy atom. The molecule has 0 N–H and O–H groups in total. The lowest BCUT2D eigenvalue weighted by atomic mass is 10.0. The van der Waals surface area contributed by atoms with Gasteiger partial charge in [0.15, 0.2) is 0 Å². The highest BCUT2D eigenvalue weighted by Crippen LogP contribution is 2.31. The van der Waals surface area contributed by atoms with Gasteiger partial charge < -0.3 is 9.32 Å². The zero-order valence-corrected chi connectivity index (χ0v) is 18.7. The molecule has 1 aliphatic heterocycles. The first-order valence-electron chi connectivity index (χ1n) is 11.0. The maximum Gasteiger partial charge on any atom is 0.275 e. The molecule has 2 aromatic heterocycles. The maximum absolute atomic E-state index is 13.2. The number of rotatable bonds is 5. The molecule has 1 atom stereocenters. The van der Waals surface area contributed by atoms with Crippen LogP contribution in [-0.2, 0) is 17.8 Å². The van der Waals surface area contributed by atoms with E-state index in [4.69, 9.17) is 16.0 Å². The van der Waals surface area contributed by atoms with E-state index in [0.29, 0.717) is 29.3 Å². The van der Waals surface area contributed by atoms with Gasteiger partial charge in [0.1, 0.15) is 18.3 Å². The van der Waals surface area contributed by atoms with Gasteiger partial charge in [0.05, 0.1) is 17.8 Å². The van der Waals surface area contributed by atoms with E-state index in [9.17, 15) is 9.59 Å². The molecule has 1 fully saturated rings. The Labute approximate surface area is 195 Å². The van der Waals surface area contributed by atoms with Crippen LogP contribution in [0.2, 0.25) is 5.02 Å². The summed E-state index contributed by atoms with van der Waals surface area (Å²) in [5, 5.41) is 6.20. The quantitative estimate of drug-likeness (QED) is 0.439. The van der Waals surface area contributed by atoms with Crippen molar-refractivity contribution < 1.29 is 9.21 Å². The summed E-state index contributed by atoms with van der Waals surface area (Å²) < 4.78 is 7.28. The van der Waals surface area contributed by atoms with Gasteiger partial charge in [0, 0.05) is 23.4 Å². The summed E-state index contributed by atoms with van der Waals surface area (Å²) in [6.45, 7) is 0.485. The first kappa shape index (κ1) is 21.4. The minimum absolute atomic E-state index is 0.113. The van der Waals surface area contributed by atoms with Crippen LogP contribution in [0.3, 0.4) is 0 Å². The van der Waals surface area contributed by atoms with Crippen LogP contribution in [0.15, 0.2) is 70.1 Å². The molecule has 0 unspecified atom stereocenters. The number of aromatic nitrogens is 3. The van der Waals surface area contributed by atoms with Gasteiger partial charge in [0.25, 0.3) is 5.56 Å². The second-order valence-electron chi connectivity index (χ2n) is 8.26. The van der Waals surface area contributed by atoms with Gasteiger partial charge in [-0.2, -0.15) is 5.10 Å². The topological polar surface area (TPSA) is 81.2 Å². The average molecular weight is 463 g/mol. The van der Waals surface area contributed by atoms with Crippen molar-refractivity contribution in [3.63, 3.8) is 0 Å². The molecule has 4 aromatic rings. The minimum atomic E-state index is -0.267. The second-order valence-corrected chi connectivity index (χ2v) is 8.70. The molecule has 8 heteroatoms. The molecule has 0 radical (unpaired) electrons. The molecule has 168 valence electrons. The summed E-state index contributed by atoms with van der Waals surface area (Å²) in [6, 6.07) is 14.6. The van der Waals surface area contributed by atoms with E-state index < -0.39 is 0 Å². The van der Waals surface area contributed by atoms with E-state index in [1.807, 2.05) is 36.4 Å². The standard InChI is InChI=1S/C25H23ClN4O3/c26-19-10-8-17(9-11-19)13-20-15-27-24(33-20)22-7-3-4-12-29(22)23(31)16-30-25(32)21-6-2-1-5-18(21)14-28-30/h1-2,5-6,8-11,14-15,22H,3-4,7,12-13,16H2/t22-/m1/s1. The van der Waals surface area contributed by atoms with Crippen LogP contribution < -0.4 is 5.56 Å². The van der Waals surface area contributed by atoms with Crippen molar-refractivity contribution in [3.05, 3.63) is 93.5 Å². The highest BCUT2D eigenvalue weighted by atomic mass is 35.5. The van der Waals surface area contributed by atoms with Crippen molar-refractivity contribution in [1.82, 2.24) is 19.7 Å². The summed E-state index contributed by atoms with van der Waals surface area (Å²) in [6.07, 6.45) is 6.59. The van der Waals surface area contributed by atoms with Gasteiger partial charge in [-0.3, -0.25) is 9.59 Å². The van der Waals surface area contributed by atoms with Crippen molar-refractivity contribution >= 4 is 28.3 Å². The normalized spacial score (nSPS) is 16.3. The average Bonchev–Trinajstić information content (AvgIpc) is 3.31. The Morgan fingerprint density at radius 2 is 1.91 bits per heavy atom. The number of hydrogen-bond acceptors (Lipinski definition) is 5. The number of likely N-dealkylation sites (tertiary alicyclic amines) is 1. The van der Waals surface area contributed by atoms with Crippen LogP contribution in [0.4, 0.5) is 0 Å². The zero-order chi connectivity index (χ0) is 22.8. The van der Waals surface area contributed by atoms with Gasteiger partial charge in [-0.25, -0.2) is 9.67 Å². The molecular formula is C25H23ClN4O3. The third kappa shape index (κ3) is 4.54. The Bertz CT molecular complexity index is 1350. The molecule has 2 aromatic carbocycles. The molecule has 5 rings (SSSR count). The number of halogens is 1. The summed E-state index contributed by atoms with van der Waals surface area (Å²) in [7, 11) is 0. The first-order valence-corrected chi connectivity index (χ1v) is 11.4. The number of piperidine rings is 1. The van der Waals surface area contributed by atoms with E-state index >= 15 is 0 Å². The van der Waals surface area contributed by atoms with E-state index in [1.165, 1.54) is 4.68 Å². The van der Waals surface area contributed by atoms with Gasteiger partial charge in [-0.15, -0.1) is 0 Å². The van der Waals surface area contributed by atoms with E-state index in [1.54, 1.807) is 29.4 Å². The number of carbonyl (C=O) groups is 1. The van der Waals surface area contributed by atoms with E-state index in [2.05, 4.69) is 10.1 Å². The number of carbonyl (C=O) groups excluding carboxylic acids is 1. The number of amides is 1. The molecule has 1 amide bonds. The highest BCUT2D eigenvalue weighted by molar-refractivity contribution is 6.30. The summed E-state index contributed by atoms with van der Waals surface area (Å²) in [5.74, 6) is 1.10. The van der Waals surface area contributed by atoms with Crippen molar-refractivity contribution in [2.75, 3.05) is 6.54 Å². The van der Waals surface area contributed by atoms with Crippen molar-refractivity contribution in [3.8, 4) is 0 Å². The Kier molecular flexibility index (Phi) is 5.96. The summed E-state index contributed by atoms with van der Waals surface area (Å²) >= 11 is 5.96. The Hall–Kier alpha value is -3.45. The smallest absolute Gasteiger partial charge is 0.275 e. The van der Waals surface area contributed by atoms with E-state index in [-0.39, 0.29) is 24.1 Å². The van der Waals surface area contributed by atoms with Gasteiger partial charge in [0.2, 0.25) is 11.8 Å². The fourth-order valence-electron chi connectivity index (χ4n) is 4.31. The van der Waals surface area contributed by atoms with Crippen LogP contribution >= 0.6 is 11.6 Å². The highest BCUT2D eigenvalue weighted by Gasteiger charge is 2.31. The SMILES string of the molecule is O=C(Cn1ncc2ccccc2c1=O)N1CCCC[C@@H]1c1ncc(Cc2ccc(Cl)cc2)o1. The van der Waals surface area contributed by atoms with Gasteiger partial charge in [-0.1, -0.05) is 41.9 Å². The third-order valence-corrected chi connectivity index (χ3v) is 6.27. The minimum Gasteiger partial charge on any atom is -0.443 e. The fraction of sp³-hybridized carbons (Fsp3) is 0.280. The van der Waals surface area contributed by atoms with Crippen LogP contribution in [0.5, 0.6) is 0 Å². The summed E-state index contributed by atoms with van der Waals surface area (Å²) in [4.78, 5) is 32.2. The Balaban J connectivity index is 1.34. The lowest BCUT2D eigenvalue weighted by Crippen LogP contribution is -2.42. The molecule has 0 aliphatic carbocycles. The molecule has 33 heavy (non-hydrogen) atoms. The zero-order valence-electron chi connectivity index (χ0n) is 18.0. The molecule has 0 saturated carbocycles. The number of benzene rings is 2. The number of fused-ring (bicyclic) bond motifs is 1.